The topological polar surface area (TPSA) is 23.5 Å². The first-order chi connectivity index (χ1) is 13.8. The summed E-state index contributed by atoms with van der Waals surface area (Å²) in [6, 6.07) is 19.6. The van der Waals surface area contributed by atoms with Crippen molar-refractivity contribution in [3.8, 4) is 22.6 Å². The van der Waals surface area contributed by atoms with E-state index in [4.69, 9.17) is 0 Å². The van der Waals surface area contributed by atoms with E-state index in [2.05, 4.69) is 117 Å². The summed E-state index contributed by atoms with van der Waals surface area (Å²) in [5.41, 5.74) is 12.4. The van der Waals surface area contributed by atoms with Gasteiger partial charge in [-0.2, -0.15) is 0 Å². The normalized spacial score (nSPS) is 11.1. The van der Waals surface area contributed by atoms with E-state index in [9.17, 15) is 0 Å². The molecule has 0 aliphatic carbocycles. The molecule has 3 nitrogen and oxygen atoms in total. The van der Waals surface area contributed by atoms with Crippen molar-refractivity contribution in [2.45, 2.75) is 41.5 Å². The largest absolute Gasteiger partial charge is 0.314 e. The Morgan fingerprint density at radius 2 is 1.10 bits per heavy atom. The SMILES string of the molecule is Cc1cc(C)c(-[n+]2cc(-c3ccccc3)[n+](-c3c(C)cc(C)cc3C)[nH]2)c(C)c1. The van der Waals surface area contributed by atoms with Crippen molar-refractivity contribution in [3.63, 3.8) is 0 Å². The number of aromatic nitrogens is 3. The molecule has 0 saturated heterocycles. The van der Waals surface area contributed by atoms with Gasteiger partial charge in [0, 0.05) is 27.5 Å². The predicted molar refractivity (Wildman–Crippen MR) is 118 cm³/mol. The van der Waals surface area contributed by atoms with Gasteiger partial charge in [0.15, 0.2) is 0 Å². The fourth-order valence-electron chi connectivity index (χ4n) is 4.55. The van der Waals surface area contributed by atoms with Crippen LogP contribution in [0.25, 0.3) is 22.6 Å². The number of hydrogen-bond donors (Lipinski definition) is 1. The summed E-state index contributed by atoms with van der Waals surface area (Å²) in [5.74, 6) is 0. The standard InChI is InChI=1S/C26H28N3/c1-17-12-19(3)25(20(4)13-17)28-16-24(23-10-8-7-9-11-23)29(27-28)26-21(5)14-18(2)15-22(26)6/h7-16H,1-6H3/q+1/p+1. The van der Waals surface area contributed by atoms with Gasteiger partial charge >= 0.3 is 5.69 Å². The summed E-state index contributed by atoms with van der Waals surface area (Å²) in [5, 5.41) is 3.65. The number of aryl methyl sites for hydroxylation is 6. The van der Waals surface area contributed by atoms with Crippen LogP contribution in [0.3, 0.4) is 0 Å². The highest BCUT2D eigenvalue weighted by Gasteiger charge is 2.31. The average molecular weight is 384 g/mol. The molecule has 146 valence electrons. The Labute approximate surface area is 173 Å². The quantitative estimate of drug-likeness (QED) is 0.477. The number of H-pyrrole nitrogens is 1. The molecule has 29 heavy (non-hydrogen) atoms. The first kappa shape index (κ1) is 19.1. The van der Waals surface area contributed by atoms with E-state index in [0.29, 0.717) is 0 Å². The van der Waals surface area contributed by atoms with Crippen molar-refractivity contribution in [1.29, 1.82) is 0 Å². The Hall–Kier alpha value is -3.20. The molecule has 0 bridgehead atoms. The summed E-state index contributed by atoms with van der Waals surface area (Å²) in [7, 11) is 0. The summed E-state index contributed by atoms with van der Waals surface area (Å²) >= 11 is 0. The van der Waals surface area contributed by atoms with Gasteiger partial charge in [-0.25, -0.2) is 0 Å². The third-order valence-electron chi connectivity index (χ3n) is 5.50. The fourth-order valence-corrected chi connectivity index (χ4v) is 4.55. The van der Waals surface area contributed by atoms with Gasteiger partial charge in [-0.05, 0) is 87.3 Å². The van der Waals surface area contributed by atoms with Crippen LogP contribution in [-0.2, 0) is 0 Å². The van der Waals surface area contributed by atoms with Gasteiger partial charge in [0.1, 0.15) is 0 Å². The molecule has 1 N–H and O–H groups in total. The van der Waals surface area contributed by atoms with Gasteiger partial charge in [0.2, 0.25) is 11.4 Å². The van der Waals surface area contributed by atoms with Gasteiger partial charge < -0.3 is 0 Å². The molecular weight excluding hydrogens is 354 g/mol. The maximum absolute atomic E-state index is 3.65. The summed E-state index contributed by atoms with van der Waals surface area (Å²) in [6.07, 6.45) is 2.21. The van der Waals surface area contributed by atoms with Crippen LogP contribution in [0.5, 0.6) is 0 Å². The molecule has 4 rings (SSSR count). The van der Waals surface area contributed by atoms with Crippen LogP contribution in [-0.4, -0.2) is 5.21 Å². The molecule has 3 heteroatoms. The highest BCUT2D eigenvalue weighted by Crippen LogP contribution is 2.22. The van der Waals surface area contributed by atoms with E-state index < -0.39 is 0 Å². The molecule has 0 amide bonds. The molecule has 4 aromatic rings. The lowest BCUT2D eigenvalue weighted by Crippen LogP contribution is -2.45. The van der Waals surface area contributed by atoms with Crippen LogP contribution in [0.1, 0.15) is 33.4 Å². The van der Waals surface area contributed by atoms with Gasteiger partial charge in [0.25, 0.3) is 6.20 Å². The first-order valence-corrected chi connectivity index (χ1v) is 10.1. The number of hydrogen-bond acceptors (Lipinski definition) is 0. The van der Waals surface area contributed by atoms with Gasteiger partial charge in [-0.1, -0.05) is 29.3 Å². The molecule has 0 fully saturated rings. The van der Waals surface area contributed by atoms with Crippen molar-refractivity contribution < 1.29 is 9.36 Å². The molecule has 0 atom stereocenters. The van der Waals surface area contributed by atoms with Crippen molar-refractivity contribution in [2.75, 3.05) is 0 Å². The van der Waals surface area contributed by atoms with E-state index in [1.807, 2.05) is 0 Å². The molecule has 0 spiro atoms. The minimum atomic E-state index is 1.14. The summed E-state index contributed by atoms with van der Waals surface area (Å²) in [6.45, 7) is 13.0. The highest BCUT2D eigenvalue weighted by molar-refractivity contribution is 5.56. The van der Waals surface area contributed by atoms with Crippen LogP contribution < -0.4 is 9.36 Å². The number of nitrogens with one attached hydrogen (secondary N) is 1. The van der Waals surface area contributed by atoms with Crippen LogP contribution in [0.15, 0.2) is 60.8 Å². The maximum atomic E-state index is 3.65. The van der Waals surface area contributed by atoms with Gasteiger partial charge in [0.05, 0.1) is 5.56 Å². The van der Waals surface area contributed by atoms with Gasteiger partial charge in [-0.3, -0.25) is 0 Å². The molecule has 1 heterocycles. The third-order valence-corrected chi connectivity index (χ3v) is 5.50. The Morgan fingerprint density at radius 3 is 1.62 bits per heavy atom. The van der Waals surface area contributed by atoms with Crippen LogP contribution >= 0.6 is 0 Å². The van der Waals surface area contributed by atoms with E-state index in [-0.39, 0.29) is 0 Å². The number of nitrogens with zero attached hydrogens (tertiary/aromatic N) is 2. The maximum Gasteiger partial charge on any atom is 0.314 e. The molecular formula is C26H29N3+2. The van der Waals surface area contributed by atoms with Crippen LogP contribution in [0.4, 0.5) is 0 Å². The zero-order valence-corrected chi connectivity index (χ0v) is 18.2. The van der Waals surface area contributed by atoms with Crippen molar-refractivity contribution >= 4 is 0 Å². The third kappa shape index (κ3) is 3.49. The van der Waals surface area contributed by atoms with E-state index in [0.717, 1.165) is 5.69 Å². The van der Waals surface area contributed by atoms with E-state index in [1.54, 1.807) is 0 Å². The van der Waals surface area contributed by atoms with Crippen molar-refractivity contribution in [2.24, 2.45) is 0 Å². The second kappa shape index (κ2) is 7.32. The lowest BCUT2D eigenvalue weighted by molar-refractivity contribution is -0.802. The molecule has 0 aliphatic heterocycles. The molecule has 0 aliphatic rings. The molecule has 0 radical (unpaired) electrons. The average Bonchev–Trinajstić information content (AvgIpc) is 3.05. The van der Waals surface area contributed by atoms with Crippen molar-refractivity contribution in [3.05, 3.63) is 94.2 Å². The van der Waals surface area contributed by atoms with Gasteiger partial charge in [-0.15, -0.1) is 0 Å². The second-order valence-corrected chi connectivity index (χ2v) is 8.18. The first-order valence-electron chi connectivity index (χ1n) is 10.1. The Balaban J connectivity index is 2.02. The van der Waals surface area contributed by atoms with Crippen LogP contribution in [0.2, 0.25) is 0 Å². The van der Waals surface area contributed by atoms with E-state index in [1.165, 1.54) is 50.3 Å². The highest BCUT2D eigenvalue weighted by atomic mass is 15.5. The fraction of sp³-hybridized carbons (Fsp3) is 0.231. The van der Waals surface area contributed by atoms with E-state index >= 15 is 0 Å². The minimum absolute atomic E-state index is 1.14. The summed E-state index contributed by atoms with van der Waals surface area (Å²) < 4.78 is 4.38. The predicted octanol–water partition coefficient (Wildman–Crippen LogP) is 5.09. The zero-order valence-electron chi connectivity index (χ0n) is 18.2. The molecule has 0 saturated carbocycles. The minimum Gasteiger partial charge on any atom is -0.0622 e. The molecule has 0 unspecified atom stereocenters. The van der Waals surface area contributed by atoms with Crippen molar-refractivity contribution in [1.82, 2.24) is 5.21 Å². The van der Waals surface area contributed by atoms with Crippen LogP contribution in [0, 0.1) is 41.5 Å². The number of benzene rings is 3. The summed E-state index contributed by atoms with van der Waals surface area (Å²) in [4.78, 5) is 0. The lowest BCUT2D eigenvalue weighted by Gasteiger charge is -2.04. The smallest absolute Gasteiger partial charge is 0.0622 e. The monoisotopic (exact) mass is 383 g/mol. The lowest BCUT2D eigenvalue weighted by atomic mass is 10.0. The zero-order chi connectivity index (χ0) is 20.7. The number of aromatic amines is 1. The number of rotatable bonds is 3. The Kier molecular flexibility index (Phi) is 4.83. The Bertz CT molecular complexity index is 1150. The molecule has 3 aromatic carbocycles. The molecule has 1 aromatic heterocycles. The second-order valence-electron chi connectivity index (χ2n) is 8.18. The Morgan fingerprint density at radius 1 is 0.621 bits per heavy atom.